The molecular weight excluding hydrogens is 180 g/mol. The Morgan fingerprint density at radius 1 is 0.933 bits per heavy atom. The van der Waals surface area contributed by atoms with E-state index in [4.69, 9.17) is 0 Å². The van der Waals surface area contributed by atoms with Gasteiger partial charge in [0.05, 0.1) is 0 Å². The highest BCUT2D eigenvalue weighted by Crippen LogP contribution is 2.00. The molecule has 0 heteroatoms. The first-order valence-electron chi connectivity index (χ1n) is 5.48. The quantitative estimate of drug-likeness (QED) is 0.606. The minimum Gasteiger partial charge on any atom is -0.0845 e. The Morgan fingerprint density at radius 2 is 1.67 bits per heavy atom. The molecule has 0 atom stereocenters. The lowest BCUT2D eigenvalue weighted by Gasteiger charge is -1.88. The van der Waals surface area contributed by atoms with Gasteiger partial charge in [0.25, 0.3) is 0 Å². The van der Waals surface area contributed by atoms with Crippen molar-refractivity contribution in [1.82, 2.24) is 0 Å². The van der Waals surface area contributed by atoms with Crippen LogP contribution >= 0.6 is 0 Å². The maximum Gasteiger partial charge on any atom is -0.0257 e. The third kappa shape index (κ3) is 5.69. The number of rotatable bonds is 5. The highest BCUT2D eigenvalue weighted by atomic mass is 13.8. The maximum absolute atomic E-state index is 2.19. The van der Waals surface area contributed by atoms with Gasteiger partial charge in [0, 0.05) is 0 Å². The van der Waals surface area contributed by atoms with Crippen molar-refractivity contribution < 1.29 is 0 Å². The van der Waals surface area contributed by atoms with Crippen molar-refractivity contribution in [2.24, 2.45) is 0 Å². The molecule has 0 bridgehead atoms. The zero-order valence-corrected chi connectivity index (χ0v) is 9.27. The van der Waals surface area contributed by atoms with Gasteiger partial charge in [-0.1, -0.05) is 80.1 Å². The van der Waals surface area contributed by atoms with E-state index in [-0.39, 0.29) is 0 Å². The molecule has 0 unspecified atom stereocenters. The smallest absolute Gasteiger partial charge is 0.0257 e. The van der Waals surface area contributed by atoms with Crippen LogP contribution in [0.2, 0.25) is 0 Å². The van der Waals surface area contributed by atoms with Crippen LogP contribution in [0.4, 0.5) is 0 Å². The van der Waals surface area contributed by atoms with E-state index in [1.807, 2.05) is 18.2 Å². The van der Waals surface area contributed by atoms with Gasteiger partial charge in [-0.25, -0.2) is 0 Å². The first-order valence-corrected chi connectivity index (χ1v) is 5.48. The van der Waals surface area contributed by atoms with E-state index < -0.39 is 0 Å². The molecule has 0 fully saturated rings. The molecule has 0 aliphatic rings. The van der Waals surface area contributed by atoms with Crippen molar-refractivity contribution in [2.45, 2.75) is 19.8 Å². The van der Waals surface area contributed by atoms with Crippen molar-refractivity contribution in [3.05, 3.63) is 66.3 Å². The maximum atomic E-state index is 2.19. The van der Waals surface area contributed by atoms with Crippen LogP contribution in [0.3, 0.4) is 0 Å². The molecule has 0 nitrogen and oxygen atoms in total. The molecule has 78 valence electrons. The van der Waals surface area contributed by atoms with E-state index in [1.54, 1.807) is 0 Å². The lowest BCUT2D eigenvalue weighted by atomic mass is 10.2. The van der Waals surface area contributed by atoms with Gasteiger partial charge in [-0.15, -0.1) is 0 Å². The second-order valence-electron chi connectivity index (χ2n) is 3.37. The summed E-state index contributed by atoms with van der Waals surface area (Å²) in [6, 6.07) is 10.3. The highest BCUT2D eigenvalue weighted by molar-refractivity contribution is 5.50. The zero-order chi connectivity index (χ0) is 10.8. The molecule has 0 aromatic heterocycles. The Morgan fingerprint density at radius 3 is 2.40 bits per heavy atom. The molecule has 0 aliphatic heterocycles. The highest BCUT2D eigenvalue weighted by Gasteiger charge is 1.79. The van der Waals surface area contributed by atoms with Crippen LogP contribution in [0.25, 0.3) is 6.08 Å². The number of hydrogen-bond acceptors (Lipinski definition) is 0. The average Bonchev–Trinajstić information content (AvgIpc) is 2.29. The van der Waals surface area contributed by atoms with E-state index in [1.165, 1.54) is 12.0 Å². The van der Waals surface area contributed by atoms with E-state index in [2.05, 4.69) is 55.5 Å². The third-order valence-electron chi connectivity index (χ3n) is 2.01. The van der Waals surface area contributed by atoms with Gasteiger partial charge in [0.2, 0.25) is 0 Å². The van der Waals surface area contributed by atoms with E-state index in [9.17, 15) is 0 Å². The largest absolute Gasteiger partial charge is 0.0845 e. The summed E-state index contributed by atoms with van der Waals surface area (Å²) in [4.78, 5) is 0. The number of allylic oxidation sites excluding steroid dienone is 5. The summed E-state index contributed by atoms with van der Waals surface area (Å²) < 4.78 is 0. The van der Waals surface area contributed by atoms with Gasteiger partial charge < -0.3 is 0 Å². The van der Waals surface area contributed by atoms with Crippen LogP contribution < -0.4 is 0 Å². The average molecular weight is 198 g/mol. The molecule has 0 spiro atoms. The monoisotopic (exact) mass is 198 g/mol. The fourth-order valence-corrected chi connectivity index (χ4v) is 1.20. The van der Waals surface area contributed by atoms with Crippen molar-refractivity contribution in [3.63, 3.8) is 0 Å². The molecular formula is C15H18. The molecule has 1 aromatic carbocycles. The van der Waals surface area contributed by atoms with Crippen LogP contribution in [-0.2, 0) is 0 Å². The molecule has 0 radical (unpaired) electrons. The molecule has 0 amide bonds. The van der Waals surface area contributed by atoms with Crippen molar-refractivity contribution in [2.75, 3.05) is 0 Å². The zero-order valence-electron chi connectivity index (χ0n) is 9.27. The van der Waals surface area contributed by atoms with Gasteiger partial charge >= 0.3 is 0 Å². The first kappa shape index (κ1) is 11.5. The number of benzene rings is 1. The van der Waals surface area contributed by atoms with Gasteiger partial charge in [-0.2, -0.15) is 0 Å². The normalized spacial score (nSPS) is 12.1. The third-order valence-corrected chi connectivity index (χ3v) is 2.01. The second kappa shape index (κ2) is 7.81. The Labute approximate surface area is 92.6 Å². The van der Waals surface area contributed by atoms with Crippen LogP contribution in [0.15, 0.2) is 60.7 Å². The van der Waals surface area contributed by atoms with Crippen LogP contribution in [0.5, 0.6) is 0 Å². The fourth-order valence-electron chi connectivity index (χ4n) is 1.20. The Hall–Kier alpha value is -1.56. The van der Waals surface area contributed by atoms with E-state index in [0.29, 0.717) is 0 Å². The molecule has 0 saturated carbocycles. The standard InChI is InChI=1S/C15H18/c1-2-3-4-5-6-7-9-12-15-13-10-8-11-14-15/h4-14H,2-3H2,1H3. The van der Waals surface area contributed by atoms with Gasteiger partial charge in [0.15, 0.2) is 0 Å². The number of unbranched alkanes of at least 4 members (excludes halogenated alkanes) is 1. The summed E-state index contributed by atoms with van der Waals surface area (Å²) in [6.07, 6.45) is 14.9. The summed E-state index contributed by atoms with van der Waals surface area (Å²) in [6.45, 7) is 2.18. The summed E-state index contributed by atoms with van der Waals surface area (Å²) in [5.74, 6) is 0. The molecule has 0 saturated heterocycles. The van der Waals surface area contributed by atoms with Gasteiger partial charge in [-0.3, -0.25) is 0 Å². The second-order valence-corrected chi connectivity index (χ2v) is 3.37. The van der Waals surface area contributed by atoms with Crippen molar-refractivity contribution >= 4 is 6.08 Å². The van der Waals surface area contributed by atoms with Crippen molar-refractivity contribution in [1.29, 1.82) is 0 Å². The Balaban J connectivity index is 2.34. The fraction of sp³-hybridized carbons (Fsp3) is 0.200. The van der Waals surface area contributed by atoms with Crippen molar-refractivity contribution in [3.8, 4) is 0 Å². The predicted octanol–water partition coefficient (Wildman–Crippen LogP) is 4.61. The summed E-state index contributed by atoms with van der Waals surface area (Å²) in [5.41, 5.74) is 1.24. The Bertz CT molecular complexity index is 328. The summed E-state index contributed by atoms with van der Waals surface area (Å²) in [7, 11) is 0. The summed E-state index contributed by atoms with van der Waals surface area (Å²) >= 11 is 0. The number of hydrogen-bond donors (Lipinski definition) is 0. The van der Waals surface area contributed by atoms with E-state index >= 15 is 0 Å². The molecule has 1 rings (SSSR count). The summed E-state index contributed by atoms with van der Waals surface area (Å²) in [5, 5.41) is 0. The van der Waals surface area contributed by atoms with Gasteiger partial charge in [-0.05, 0) is 12.0 Å². The molecule has 15 heavy (non-hydrogen) atoms. The van der Waals surface area contributed by atoms with E-state index in [0.717, 1.165) is 6.42 Å². The minimum absolute atomic E-state index is 1.16. The molecule has 1 aromatic rings. The Kier molecular flexibility index (Phi) is 5.99. The van der Waals surface area contributed by atoms with Crippen LogP contribution in [0.1, 0.15) is 25.3 Å². The molecule has 0 N–H and O–H groups in total. The lowest BCUT2D eigenvalue weighted by Crippen LogP contribution is -1.66. The minimum atomic E-state index is 1.16. The molecule has 0 heterocycles. The predicted molar refractivity (Wildman–Crippen MR) is 68.7 cm³/mol. The topological polar surface area (TPSA) is 0 Å². The lowest BCUT2D eigenvalue weighted by molar-refractivity contribution is 0.959. The van der Waals surface area contributed by atoms with Crippen LogP contribution in [0, 0.1) is 0 Å². The first-order chi connectivity index (χ1) is 7.43. The SMILES string of the molecule is CCCC=CC=CC=Cc1ccccc1. The van der Waals surface area contributed by atoms with Crippen LogP contribution in [-0.4, -0.2) is 0 Å². The molecule has 0 aliphatic carbocycles. The van der Waals surface area contributed by atoms with Gasteiger partial charge in [0.1, 0.15) is 0 Å².